The van der Waals surface area contributed by atoms with Crippen LogP contribution in [0.15, 0.2) is 35.1 Å². The molecule has 1 fully saturated rings. The number of para-hydroxylation sites is 1. The van der Waals surface area contributed by atoms with E-state index in [4.69, 9.17) is 4.52 Å². The summed E-state index contributed by atoms with van der Waals surface area (Å²) in [6.07, 6.45) is 2.87. The summed E-state index contributed by atoms with van der Waals surface area (Å²) in [4.78, 5) is 37.1. The number of aromatic nitrogens is 5. The van der Waals surface area contributed by atoms with Gasteiger partial charge in [-0.1, -0.05) is 30.3 Å². The molecule has 11 heteroatoms. The molecule has 0 radical (unpaired) electrons. The number of aryl methyl sites for hydroxylation is 2. The Balaban J connectivity index is 1.19. The number of amides is 2. The average molecular weight is 438 g/mol. The van der Waals surface area contributed by atoms with Crippen LogP contribution in [0.4, 0.5) is 5.69 Å². The lowest BCUT2D eigenvalue weighted by Gasteiger charge is -2.34. The monoisotopic (exact) mass is 438 g/mol. The molecule has 4 rings (SSSR count). The standard InChI is InChI=1S/C21H26N8O3/c1-2-15-5-3-4-6-16(15)24-17(30)13-28-9-11-29(12-10-28)19(31)8-7-18-25-21(27-32-18)20-22-14-23-26-20/h3-6,14H,2,7-13H2,1H3,(H,24,30)(H,22,23,26). The first kappa shape index (κ1) is 21.6. The number of hydrogen-bond acceptors (Lipinski definition) is 8. The van der Waals surface area contributed by atoms with Crippen LogP contribution in [0.25, 0.3) is 11.6 Å². The van der Waals surface area contributed by atoms with Crippen LogP contribution in [0.3, 0.4) is 0 Å². The highest BCUT2D eigenvalue weighted by atomic mass is 16.5. The SMILES string of the molecule is CCc1ccccc1NC(=O)CN1CCN(C(=O)CCc2nc(-c3ncn[nH]3)no2)CC1. The summed E-state index contributed by atoms with van der Waals surface area (Å²) in [5.74, 6) is 1.12. The number of rotatable bonds is 8. The Morgan fingerprint density at radius 3 is 2.75 bits per heavy atom. The van der Waals surface area contributed by atoms with Gasteiger partial charge in [0.1, 0.15) is 6.33 Å². The zero-order chi connectivity index (χ0) is 22.3. The van der Waals surface area contributed by atoms with Crippen LogP contribution in [0.2, 0.25) is 0 Å². The zero-order valence-corrected chi connectivity index (χ0v) is 18.0. The van der Waals surface area contributed by atoms with Gasteiger partial charge in [-0.05, 0) is 18.1 Å². The van der Waals surface area contributed by atoms with Gasteiger partial charge in [-0.25, -0.2) is 4.98 Å². The predicted octanol–water partition coefficient (Wildman–Crippen LogP) is 1.13. The minimum Gasteiger partial charge on any atom is -0.340 e. The van der Waals surface area contributed by atoms with E-state index < -0.39 is 0 Å². The summed E-state index contributed by atoms with van der Waals surface area (Å²) in [5, 5.41) is 13.2. The van der Waals surface area contributed by atoms with Gasteiger partial charge in [0.25, 0.3) is 0 Å². The number of aromatic amines is 1. The number of benzene rings is 1. The van der Waals surface area contributed by atoms with E-state index in [1.54, 1.807) is 0 Å². The van der Waals surface area contributed by atoms with Gasteiger partial charge in [0.2, 0.25) is 23.5 Å². The molecule has 0 aliphatic carbocycles. The zero-order valence-electron chi connectivity index (χ0n) is 18.0. The summed E-state index contributed by atoms with van der Waals surface area (Å²) < 4.78 is 5.18. The summed E-state index contributed by atoms with van der Waals surface area (Å²) >= 11 is 0. The first-order valence-electron chi connectivity index (χ1n) is 10.7. The lowest BCUT2D eigenvalue weighted by Crippen LogP contribution is -2.50. The van der Waals surface area contributed by atoms with E-state index in [1.807, 2.05) is 29.2 Å². The van der Waals surface area contributed by atoms with Gasteiger partial charge >= 0.3 is 0 Å². The van der Waals surface area contributed by atoms with Crippen LogP contribution in [0, 0.1) is 0 Å². The molecule has 2 amide bonds. The van der Waals surface area contributed by atoms with E-state index in [1.165, 1.54) is 6.33 Å². The van der Waals surface area contributed by atoms with Crippen molar-refractivity contribution in [3.05, 3.63) is 42.0 Å². The van der Waals surface area contributed by atoms with Crippen LogP contribution in [0.1, 0.15) is 24.8 Å². The summed E-state index contributed by atoms with van der Waals surface area (Å²) in [7, 11) is 0. The molecule has 3 aromatic rings. The number of nitrogens with one attached hydrogen (secondary N) is 2. The second-order valence-corrected chi connectivity index (χ2v) is 7.56. The van der Waals surface area contributed by atoms with Crippen LogP contribution < -0.4 is 5.32 Å². The van der Waals surface area contributed by atoms with Crippen molar-refractivity contribution in [2.45, 2.75) is 26.2 Å². The molecule has 3 heterocycles. The third-order valence-corrected chi connectivity index (χ3v) is 5.41. The average Bonchev–Trinajstić information content (AvgIpc) is 3.50. The van der Waals surface area contributed by atoms with E-state index in [0.717, 1.165) is 17.7 Å². The Morgan fingerprint density at radius 2 is 2.00 bits per heavy atom. The first-order chi connectivity index (χ1) is 15.6. The van der Waals surface area contributed by atoms with Crippen LogP contribution in [-0.4, -0.2) is 79.7 Å². The van der Waals surface area contributed by atoms with Crippen molar-refractivity contribution in [1.29, 1.82) is 0 Å². The number of nitrogens with zero attached hydrogens (tertiary/aromatic N) is 6. The number of anilines is 1. The third-order valence-electron chi connectivity index (χ3n) is 5.41. The van der Waals surface area contributed by atoms with Crippen molar-refractivity contribution >= 4 is 17.5 Å². The molecule has 0 unspecified atom stereocenters. The Kier molecular flexibility index (Phi) is 6.85. The lowest BCUT2D eigenvalue weighted by molar-refractivity contribution is -0.133. The maximum atomic E-state index is 12.6. The van der Waals surface area contributed by atoms with Crippen molar-refractivity contribution in [2.24, 2.45) is 0 Å². The number of carbonyl (C=O) groups excluding carboxylic acids is 2. The smallest absolute Gasteiger partial charge is 0.239 e. The second kappa shape index (κ2) is 10.1. The number of H-pyrrole nitrogens is 1. The van der Waals surface area contributed by atoms with Crippen LogP contribution >= 0.6 is 0 Å². The molecule has 1 aliphatic heterocycles. The molecule has 1 aliphatic rings. The fourth-order valence-corrected chi connectivity index (χ4v) is 3.64. The highest BCUT2D eigenvalue weighted by Crippen LogP contribution is 2.16. The van der Waals surface area contributed by atoms with E-state index >= 15 is 0 Å². The molecule has 2 aromatic heterocycles. The molecule has 168 valence electrons. The largest absolute Gasteiger partial charge is 0.340 e. The maximum absolute atomic E-state index is 12.6. The van der Waals surface area contributed by atoms with Crippen LogP contribution in [-0.2, 0) is 22.4 Å². The number of hydrogen-bond donors (Lipinski definition) is 2. The van der Waals surface area contributed by atoms with Crippen molar-refractivity contribution < 1.29 is 14.1 Å². The Bertz CT molecular complexity index is 1040. The van der Waals surface area contributed by atoms with Gasteiger partial charge in [-0.15, -0.1) is 0 Å². The fourth-order valence-electron chi connectivity index (χ4n) is 3.64. The quantitative estimate of drug-likeness (QED) is 0.535. The van der Waals surface area contributed by atoms with Gasteiger partial charge in [-0.3, -0.25) is 19.6 Å². The second-order valence-electron chi connectivity index (χ2n) is 7.56. The molecular weight excluding hydrogens is 412 g/mol. The highest BCUT2D eigenvalue weighted by molar-refractivity contribution is 5.93. The van der Waals surface area contributed by atoms with E-state index in [9.17, 15) is 9.59 Å². The van der Waals surface area contributed by atoms with Gasteiger partial charge in [0.05, 0.1) is 6.54 Å². The lowest BCUT2D eigenvalue weighted by atomic mass is 10.1. The molecular formula is C21H26N8O3. The molecule has 0 saturated carbocycles. The normalized spacial score (nSPS) is 14.5. The van der Waals surface area contributed by atoms with Crippen LogP contribution in [0.5, 0.6) is 0 Å². The van der Waals surface area contributed by atoms with Crippen molar-refractivity contribution in [3.8, 4) is 11.6 Å². The first-order valence-corrected chi connectivity index (χ1v) is 10.7. The topological polar surface area (TPSA) is 133 Å². The molecule has 1 saturated heterocycles. The Labute approximate surface area is 185 Å². The summed E-state index contributed by atoms with van der Waals surface area (Å²) in [6.45, 7) is 4.87. The van der Waals surface area contributed by atoms with Gasteiger partial charge in [0.15, 0.2) is 5.82 Å². The third kappa shape index (κ3) is 5.35. The summed E-state index contributed by atoms with van der Waals surface area (Å²) in [5.41, 5.74) is 1.98. The minimum absolute atomic E-state index is 0.0328. The Morgan fingerprint density at radius 1 is 1.19 bits per heavy atom. The Hall–Kier alpha value is -3.60. The van der Waals surface area contributed by atoms with Crippen molar-refractivity contribution in [3.63, 3.8) is 0 Å². The van der Waals surface area contributed by atoms with E-state index in [0.29, 0.717) is 56.7 Å². The van der Waals surface area contributed by atoms with Gasteiger partial charge < -0.3 is 14.7 Å². The van der Waals surface area contributed by atoms with E-state index in [2.05, 4.69) is 42.5 Å². The van der Waals surface area contributed by atoms with Crippen molar-refractivity contribution in [2.75, 3.05) is 38.0 Å². The molecule has 11 nitrogen and oxygen atoms in total. The molecule has 1 aromatic carbocycles. The molecule has 32 heavy (non-hydrogen) atoms. The van der Waals surface area contributed by atoms with Gasteiger partial charge in [-0.2, -0.15) is 10.1 Å². The fraction of sp³-hybridized carbons (Fsp3) is 0.429. The maximum Gasteiger partial charge on any atom is 0.239 e. The number of carbonyl (C=O) groups is 2. The molecule has 0 atom stereocenters. The molecule has 2 N–H and O–H groups in total. The molecule has 0 spiro atoms. The number of piperazine rings is 1. The summed E-state index contributed by atoms with van der Waals surface area (Å²) in [6, 6.07) is 7.83. The van der Waals surface area contributed by atoms with Gasteiger partial charge in [0, 0.05) is 44.7 Å². The highest BCUT2D eigenvalue weighted by Gasteiger charge is 2.23. The van der Waals surface area contributed by atoms with E-state index in [-0.39, 0.29) is 18.2 Å². The predicted molar refractivity (Wildman–Crippen MR) is 115 cm³/mol. The van der Waals surface area contributed by atoms with Crippen molar-refractivity contribution in [1.82, 2.24) is 35.1 Å². The molecule has 0 bridgehead atoms. The minimum atomic E-state index is -0.0374.